The van der Waals surface area contributed by atoms with Gasteiger partial charge in [-0.25, -0.2) is 13.8 Å². The van der Waals surface area contributed by atoms with Crippen molar-refractivity contribution in [1.29, 1.82) is 0 Å². The van der Waals surface area contributed by atoms with Crippen molar-refractivity contribution in [3.63, 3.8) is 0 Å². The smallest absolute Gasteiger partial charge is 0.255 e. The summed E-state index contributed by atoms with van der Waals surface area (Å²) in [6.45, 7) is 1.80. The van der Waals surface area contributed by atoms with E-state index in [1.54, 1.807) is 0 Å². The van der Waals surface area contributed by atoms with Gasteiger partial charge < -0.3 is 4.98 Å². The number of H-pyrrole nitrogens is 1. The van der Waals surface area contributed by atoms with Crippen LogP contribution in [0.2, 0.25) is 5.02 Å². The molecule has 0 bridgehead atoms. The summed E-state index contributed by atoms with van der Waals surface area (Å²) in [4.78, 5) is 26.4. The summed E-state index contributed by atoms with van der Waals surface area (Å²) in [5, 5.41) is -0.210. The fourth-order valence-corrected chi connectivity index (χ4v) is 3.79. The minimum atomic E-state index is -0.650. The molecule has 0 saturated heterocycles. The highest BCUT2D eigenvalue weighted by Crippen LogP contribution is 2.26. The van der Waals surface area contributed by atoms with Crippen LogP contribution in [-0.2, 0) is 19.5 Å². The molecule has 4 rings (SSSR count). The van der Waals surface area contributed by atoms with Gasteiger partial charge in [0.15, 0.2) is 5.82 Å². The lowest BCUT2D eigenvalue weighted by atomic mass is 10.0. The Kier molecular flexibility index (Phi) is 5.06. The quantitative estimate of drug-likeness (QED) is 0.816. The van der Waals surface area contributed by atoms with E-state index in [-0.39, 0.29) is 22.7 Å². The molecular weight excluding hydrogens is 374 g/mol. The first-order valence-corrected chi connectivity index (χ1v) is 9.41. The van der Waals surface area contributed by atoms with Crippen LogP contribution < -0.4 is 5.56 Å². The Balaban J connectivity index is 1.58. The van der Waals surface area contributed by atoms with E-state index in [9.17, 15) is 13.6 Å². The maximum Gasteiger partial charge on any atom is 0.255 e. The number of fused-ring (bicyclic) bond motifs is 1. The van der Waals surface area contributed by atoms with Crippen LogP contribution in [-0.4, -0.2) is 33.7 Å². The normalized spacial score (nSPS) is 17.5. The number of rotatable bonds is 3. The lowest BCUT2D eigenvalue weighted by Gasteiger charge is -2.28. The minimum absolute atomic E-state index is 0.109. The minimum Gasteiger partial charge on any atom is -0.305 e. The van der Waals surface area contributed by atoms with E-state index < -0.39 is 11.6 Å². The van der Waals surface area contributed by atoms with Crippen molar-refractivity contribution in [3.8, 4) is 0 Å². The van der Waals surface area contributed by atoms with Crippen molar-refractivity contribution in [3.05, 3.63) is 61.8 Å². The summed E-state index contributed by atoms with van der Waals surface area (Å²) in [5.41, 5.74) is 2.09. The average molecular weight is 393 g/mol. The van der Waals surface area contributed by atoms with E-state index in [2.05, 4.69) is 15.0 Å². The molecule has 0 saturated carbocycles. The molecule has 142 valence electrons. The fourth-order valence-electron chi connectivity index (χ4n) is 3.58. The van der Waals surface area contributed by atoms with E-state index in [1.807, 2.05) is 4.90 Å². The zero-order valence-electron chi connectivity index (χ0n) is 14.7. The van der Waals surface area contributed by atoms with Gasteiger partial charge in [-0.3, -0.25) is 14.7 Å². The summed E-state index contributed by atoms with van der Waals surface area (Å²) >= 11 is 5.92. The number of aromatic amines is 1. The van der Waals surface area contributed by atoms with E-state index in [4.69, 9.17) is 11.6 Å². The molecule has 5 nitrogen and oxygen atoms in total. The second-order valence-corrected chi connectivity index (χ2v) is 7.29. The molecular formula is C19H19ClF2N4O. The Morgan fingerprint density at radius 1 is 1.19 bits per heavy atom. The number of nitrogens with one attached hydrogen (secondary N) is 1. The summed E-state index contributed by atoms with van der Waals surface area (Å²) in [6, 6.07) is 2.08. The lowest BCUT2D eigenvalue weighted by molar-refractivity contribution is 0.238. The molecule has 1 aromatic carbocycles. The molecule has 0 aliphatic carbocycles. The van der Waals surface area contributed by atoms with E-state index in [0.717, 1.165) is 49.3 Å². The van der Waals surface area contributed by atoms with Crippen LogP contribution in [0.3, 0.4) is 0 Å². The van der Waals surface area contributed by atoms with Gasteiger partial charge in [-0.15, -0.1) is 0 Å². The van der Waals surface area contributed by atoms with Gasteiger partial charge in [-0.2, -0.15) is 0 Å². The Morgan fingerprint density at radius 3 is 2.78 bits per heavy atom. The highest BCUT2D eigenvalue weighted by Gasteiger charge is 2.24. The summed E-state index contributed by atoms with van der Waals surface area (Å²) in [6.07, 6.45) is 3.50. The van der Waals surface area contributed by atoms with E-state index in [1.165, 1.54) is 0 Å². The average Bonchev–Trinajstić information content (AvgIpc) is 2.69. The molecule has 0 spiro atoms. The Labute approximate surface area is 160 Å². The zero-order valence-corrected chi connectivity index (χ0v) is 15.5. The number of benzene rings is 1. The molecule has 3 heterocycles. The second-order valence-electron chi connectivity index (χ2n) is 6.91. The molecule has 0 fully saturated rings. The molecule has 0 radical (unpaired) electrons. The first-order chi connectivity index (χ1) is 13.0. The Morgan fingerprint density at radius 2 is 2.00 bits per heavy atom. The van der Waals surface area contributed by atoms with Crippen LogP contribution in [0.4, 0.5) is 8.78 Å². The third-order valence-electron chi connectivity index (χ3n) is 5.07. The van der Waals surface area contributed by atoms with Crippen LogP contribution in [0.1, 0.15) is 41.9 Å². The predicted octanol–water partition coefficient (Wildman–Crippen LogP) is 3.23. The molecule has 2 aliphatic rings. The SMILES string of the molecule is O=c1[nH]c(C2=NCCCC2)nc2c1CN(Cc1c(F)ccc(F)c1Cl)CC2. The van der Waals surface area contributed by atoms with Crippen molar-refractivity contribution in [2.75, 3.05) is 13.1 Å². The monoisotopic (exact) mass is 392 g/mol. The first-order valence-electron chi connectivity index (χ1n) is 9.03. The maximum absolute atomic E-state index is 14.0. The molecule has 2 aromatic rings. The second kappa shape index (κ2) is 7.48. The number of aromatic nitrogens is 2. The first kappa shape index (κ1) is 18.3. The molecule has 8 heteroatoms. The van der Waals surface area contributed by atoms with Gasteiger partial charge in [0.05, 0.1) is 22.0 Å². The van der Waals surface area contributed by atoms with Crippen molar-refractivity contribution < 1.29 is 8.78 Å². The molecule has 0 unspecified atom stereocenters. The zero-order chi connectivity index (χ0) is 19.0. The van der Waals surface area contributed by atoms with Crippen molar-refractivity contribution >= 4 is 17.3 Å². The molecule has 2 aliphatic heterocycles. The summed E-state index contributed by atoms with van der Waals surface area (Å²) < 4.78 is 27.7. The number of aliphatic imine (C=N–C) groups is 1. The van der Waals surface area contributed by atoms with Gasteiger partial charge in [0, 0.05) is 38.2 Å². The highest BCUT2D eigenvalue weighted by molar-refractivity contribution is 6.31. The van der Waals surface area contributed by atoms with Gasteiger partial charge in [-0.05, 0) is 31.4 Å². The fraction of sp³-hybridized carbons (Fsp3) is 0.421. The van der Waals surface area contributed by atoms with Gasteiger partial charge in [0.2, 0.25) is 0 Å². The topological polar surface area (TPSA) is 61.4 Å². The van der Waals surface area contributed by atoms with Crippen LogP contribution in [0, 0.1) is 11.6 Å². The van der Waals surface area contributed by atoms with Crippen molar-refractivity contribution in [2.45, 2.75) is 38.8 Å². The molecule has 0 amide bonds. The standard InChI is InChI=1S/C19H19ClF2N4O/c20-17-11(13(21)4-5-14(17)22)9-26-8-6-15-12(10-26)19(27)25-18(24-15)16-3-1-2-7-23-16/h4-5H,1-3,6-10H2,(H,24,25,27). The maximum atomic E-state index is 14.0. The van der Waals surface area contributed by atoms with Crippen molar-refractivity contribution in [2.24, 2.45) is 4.99 Å². The van der Waals surface area contributed by atoms with Gasteiger partial charge >= 0.3 is 0 Å². The Hall–Kier alpha value is -2.12. The predicted molar refractivity (Wildman–Crippen MR) is 99.3 cm³/mol. The van der Waals surface area contributed by atoms with Crippen molar-refractivity contribution in [1.82, 2.24) is 14.9 Å². The van der Waals surface area contributed by atoms with E-state index in [0.29, 0.717) is 30.9 Å². The highest BCUT2D eigenvalue weighted by atomic mass is 35.5. The van der Waals surface area contributed by atoms with Crippen LogP contribution in [0.5, 0.6) is 0 Å². The Bertz CT molecular complexity index is 973. The number of nitrogens with zero attached hydrogens (tertiary/aromatic N) is 3. The third-order valence-corrected chi connectivity index (χ3v) is 5.47. The van der Waals surface area contributed by atoms with Gasteiger partial charge in [0.1, 0.15) is 11.6 Å². The van der Waals surface area contributed by atoms with Gasteiger partial charge in [-0.1, -0.05) is 11.6 Å². The molecule has 1 aromatic heterocycles. The number of hydrogen-bond donors (Lipinski definition) is 1. The van der Waals surface area contributed by atoms with Crippen LogP contribution in [0.25, 0.3) is 0 Å². The summed E-state index contributed by atoms with van der Waals surface area (Å²) in [7, 11) is 0. The molecule has 1 N–H and O–H groups in total. The summed E-state index contributed by atoms with van der Waals surface area (Å²) in [5.74, 6) is -0.640. The van der Waals surface area contributed by atoms with E-state index >= 15 is 0 Å². The lowest BCUT2D eigenvalue weighted by Crippen LogP contribution is -2.36. The van der Waals surface area contributed by atoms with Crippen LogP contribution in [0.15, 0.2) is 21.9 Å². The molecule has 0 atom stereocenters. The third kappa shape index (κ3) is 3.66. The van der Waals surface area contributed by atoms with Gasteiger partial charge in [0.25, 0.3) is 5.56 Å². The number of halogens is 3. The number of hydrogen-bond acceptors (Lipinski definition) is 4. The molecule has 27 heavy (non-hydrogen) atoms. The van der Waals surface area contributed by atoms with Crippen LogP contribution >= 0.6 is 11.6 Å². The largest absolute Gasteiger partial charge is 0.305 e.